The van der Waals surface area contributed by atoms with E-state index in [1.54, 1.807) is 24.3 Å². The average molecular weight is 345 g/mol. The van der Waals surface area contributed by atoms with Crippen molar-refractivity contribution in [1.29, 1.82) is 0 Å². The molecule has 2 heterocycles. The summed E-state index contributed by atoms with van der Waals surface area (Å²) in [5.41, 5.74) is 5.20. The summed E-state index contributed by atoms with van der Waals surface area (Å²) in [6.45, 7) is 0. The quantitative estimate of drug-likeness (QED) is 0.814. The summed E-state index contributed by atoms with van der Waals surface area (Å²) < 4.78 is 21.5. The topological polar surface area (TPSA) is 108 Å². The maximum Gasteiger partial charge on any atom is 0.262 e. The molecule has 8 nitrogen and oxygen atoms in total. The van der Waals surface area contributed by atoms with Gasteiger partial charge in [-0.15, -0.1) is 0 Å². The minimum absolute atomic E-state index is 0.0499. The van der Waals surface area contributed by atoms with E-state index < -0.39 is 5.54 Å². The molecule has 3 N–H and O–H groups in total. The van der Waals surface area contributed by atoms with Gasteiger partial charge in [-0.1, -0.05) is 0 Å². The van der Waals surface area contributed by atoms with Gasteiger partial charge < -0.3 is 24.4 Å². The Hall–Kier alpha value is -3.16. The van der Waals surface area contributed by atoms with Crippen molar-refractivity contribution >= 4 is 11.9 Å². The molecule has 2 aromatic rings. The first kappa shape index (κ1) is 16.7. The van der Waals surface area contributed by atoms with Crippen LogP contribution in [0.15, 0.2) is 39.9 Å². The van der Waals surface area contributed by atoms with Gasteiger partial charge >= 0.3 is 0 Å². The lowest BCUT2D eigenvalue weighted by Gasteiger charge is -2.22. The van der Waals surface area contributed by atoms with Gasteiger partial charge in [-0.3, -0.25) is 10.1 Å². The molecule has 1 amide bonds. The third-order valence-corrected chi connectivity index (χ3v) is 4.04. The zero-order valence-electron chi connectivity index (χ0n) is 14.2. The Morgan fingerprint density at radius 3 is 2.32 bits per heavy atom. The number of nitrogens with two attached hydrogens (primary N) is 1. The van der Waals surface area contributed by atoms with Crippen LogP contribution >= 0.6 is 0 Å². The van der Waals surface area contributed by atoms with Crippen molar-refractivity contribution in [3.63, 3.8) is 0 Å². The van der Waals surface area contributed by atoms with Crippen LogP contribution in [0.1, 0.15) is 11.3 Å². The normalized spacial score (nSPS) is 19.3. The van der Waals surface area contributed by atoms with Crippen LogP contribution in [0.3, 0.4) is 0 Å². The van der Waals surface area contributed by atoms with Crippen LogP contribution in [0.2, 0.25) is 0 Å². The molecule has 1 aliphatic rings. The number of furan rings is 1. The second-order valence-electron chi connectivity index (χ2n) is 5.50. The molecular formula is C17H19N3O5. The highest BCUT2D eigenvalue weighted by Gasteiger charge is 2.47. The van der Waals surface area contributed by atoms with Crippen LogP contribution in [0.5, 0.6) is 17.2 Å². The highest BCUT2D eigenvalue weighted by molar-refractivity contribution is 6.07. The molecule has 8 heteroatoms. The Kier molecular flexibility index (Phi) is 4.26. The third-order valence-electron chi connectivity index (χ3n) is 4.04. The highest BCUT2D eigenvalue weighted by atomic mass is 16.5. The molecule has 0 spiro atoms. The number of aliphatic imine (C=N–C) groups is 1. The Labute approximate surface area is 144 Å². The number of amides is 1. The lowest BCUT2D eigenvalue weighted by Crippen LogP contribution is -2.40. The fourth-order valence-corrected chi connectivity index (χ4v) is 2.92. The second kappa shape index (κ2) is 6.39. The van der Waals surface area contributed by atoms with Gasteiger partial charge in [0.1, 0.15) is 5.76 Å². The van der Waals surface area contributed by atoms with E-state index in [1.807, 2.05) is 0 Å². The highest BCUT2D eigenvalue weighted by Crippen LogP contribution is 2.41. The fourth-order valence-electron chi connectivity index (χ4n) is 2.92. The number of nitrogens with one attached hydrogen (secondary N) is 1. The molecule has 0 saturated heterocycles. The van der Waals surface area contributed by atoms with Crippen LogP contribution in [0, 0.1) is 0 Å². The lowest BCUT2D eigenvalue weighted by atomic mass is 9.88. The number of carbonyl (C=O) groups excluding carboxylic acids is 1. The smallest absolute Gasteiger partial charge is 0.262 e. The van der Waals surface area contributed by atoms with Gasteiger partial charge in [0, 0.05) is 6.42 Å². The average Bonchev–Trinajstić information content (AvgIpc) is 3.23. The summed E-state index contributed by atoms with van der Waals surface area (Å²) in [6, 6.07) is 6.93. The van der Waals surface area contributed by atoms with Crippen LogP contribution in [-0.4, -0.2) is 33.2 Å². The molecule has 0 saturated carbocycles. The zero-order valence-corrected chi connectivity index (χ0v) is 14.2. The predicted molar refractivity (Wildman–Crippen MR) is 90.0 cm³/mol. The van der Waals surface area contributed by atoms with Crippen molar-refractivity contribution in [2.45, 2.75) is 12.0 Å². The summed E-state index contributed by atoms with van der Waals surface area (Å²) in [5, 5.41) is 2.54. The Bertz CT molecular complexity index is 791. The summed E-state index contributed by atoms with van der Waals surface area (Å²) in [6.07, 6.45) is 1.70. The number of carbonyl (C=O) groups is 1. The predicted octanol–water partition coefficient (Wildman–Crippen LogP) is 1.19. The monoisotopic (exact) mass is 345 g/mol. The van der Waals surface area contributed by atoms with Gasteiger partial charge in [-0.2, -0.15) is 0 Å². The van der Waals surface area contributed by atoms with Crippen molar-refractivity contribution in [1.82, 2.24) is 5.32 Å². The van der Waals surface area contributed by atoms with Crippen molar-refractivity contribution in [2.75, 3.05) is 21.3 Å². The second-order valence-corrected chi connectivity index (χ2v) is 5.50. The number of methoxy groups -OCH3 is 3. The van der Waals surface area contributed by atoms with Crippen LogP contribution in [0.4, 0.5) is 0 Å². The number of guanidine groups is 1. The van der Waals surface area contributed by atoms with E-state index in [9.17, 15) is 4.79 Å². The van der Waals surface area contributed by atoms with Crippen molar-refractivity contribution in [2.24, 2.45) is 10.7 Å². The third kappa shape index (κ3) is 2.75. The molecule has 25 heavy (non-hydrogen) atoms. The largest absolute Gasteiger partial charge is 0.493 e. The molecule has 0 radical (unpaired) electrons. The van der Waals surface area contributed by atoms with Gasteiger partial charge in [0.05, 0.1) is 27.6 Å². The van der Waals surface area contributed by atoms with Gasteiger partial charge in [0.15, 0.2) is 17.5 Å². The number of nitrogens with zero attached hydrogens (tertiary/aromatic N) is 1. The minimum Gasteiger partial charge on any atom is -0.493 e. The molecule has 0 aliphatic carbocycles. The molecule has 0 fully saturated rings. The van der Waals surface area contributed by atoms with Crippen molar-refractivity contribution in [3.8, 4) is 17.2 Å². The summed E-state index contributed by atoms with van der Waals surface area (Å²) >= 11 is 0. The lowest BCUT2D eigenvalue weighted by molar-refractivity contribution is -0.124. The molecule has 1 atom stereocenters. The van der Waals surface area contributed by atoms with E-state index >= 15 is 0 Å². The standard InChI is InChI=1S/C17H19N3O5/c1-22-11-7-10(8-12(23-2)14(11)24-3)9-17(13-5-4-6-25-13)15(21)19-16(18)20-17/h4-8H,9H2,1-3H3,(H3,18,19,20,21). The first-order valence-corrected chi connectivity index (χ1v) is 7.53. The van der Waals surface area contributed by atoms with Gasteiger partial charge in [0.25, 0.3) is 5.91 Å². The van der Waals surface area contributed by atoms with E-state index in [2.05, 4.69) is 10.3 Å². The maximum atomic E-state index is 12.6. The molecule has 1 aromatic heterocycles. The van der Waals surface area contributed by atoms with Crippen molar-refractivity contribution in [3.05, 3.63) is 41.9 Å². The van der Waals surface area contributed by atoms with Crippen LogP contribution < -0.4 is 25.3 Å². The number of hydrogen-bond acceptors (Lipinski definition) is 7. The number of ether oxygens (including phenoxy) is 3. The fraction of sp³-hybridized carbons (Fsp3) is 0.294. The molecule has 132 valence electrons. The van der Waals surface area contributed by atoms with E-state index in [0.29, 0.717) is 23.0 Å². The molecule has 0 bridgehead atoms. The van der Waals surface area contributed by atoms with E-state index in [4.69, 9.17) is 24.4 Å². The minimum atomic E-state index is -1.28. The molecule has 3 rings (SSSR count). The van der Waals surface area contributed by atoms with Crippen molar-refractivity contribution < 1.29 is 23.4 Å². The zero-order chi connectivity index (χ0) is 18.0. The molecule has 1 aliphatic heterocycles. The van der Waals surface area contributed by atoms with Gasteiger partial charge in [0.2, 0.25) is 11.3 Å². The molecule has 1 unspecified atom stereocenters. The number of rotatable bonds is 6. The summed E-state index contributed by atoms with van der Waals surface area (Å²) in [5.74, 6) is 1.55. The Balaban J connectivity index is 2.09. The molecule has 1 aromatic carbocycles. The maximum absolute atomic E-state index is 12.6. The number of benzene rings is 1. The Morgan fingerprint density at radius 2 is 1.88 bits per heavy atom. The van der Waals surface area contributed by atoms with E-state index in [-0.39, 0.29) is 18.3 Å². The number of hydrogen-bond donors (Lipinski definition) is 2. The summed E-state index contributed by atoms with van der Waals surface area (Å²) in [7, 11) is 4.59. The van der Waals surface area contributed by atoms with E-state index in [1.165, 1.54) is 27.6 Å². The van der Waals surface area contributed by atoms with E-state index in [0.717, 1.165) is 5.56 Å². The van der Waals surface area contributed by atoms with Gasteiger partial charge in [-0.05, 0) is 29.8 Å². The molecular weight excluding hydrogens is 326 g/mol. The SMILES string of the molecule is COc1cc(CC2(c3ccco3)N=C(N)NC2=O)cc(OC)c1OC. The van der Waals surface area contributed by atoms with Crippen LogP contribution in [-0.2, 0) is 16.8 Å². The first-order valence-electron chi connectivity index (χ1n) is 7.53. The van der Waals surface area contributed by atoms with Gasteiger partial charge in [-0.25, -0.2) is 4.99 Å². The van der Waals surface area contributed by atoms with Crippen LogP contribution in [0.25, 0.3) is 0 Å². The Morgan fingerprint density at radius 1 is 1.20 bits per heavy atom. The summed E-state index contributed by atoms with van der Waals surface area (Å²) in [4.78, 5) is 16.9. The first-order chi connectivity index (χ1) is 12.0.